The average Bonchev–Trinajstić information content (AvgIpc) is 3.26. The van der Waals surface area contributed by atoms with Gasteiger partial charge in [-0.1, -0.05) is 11.8 Å². The summed E-state index contributed by atoms with van der Waals surface area (Å²) in [5, 5.41) is 12.9. The number of hydrogen-bond donors (Lipinski definition) is 3. The fourth-order valence-corrected chi connectivity index (χ4v) is 5.58. The van der Waals surface area contributed by atoms with Crippen molar-refractivity contribution in [1.29, 1.82) is 0 Å². The van der Waals surface area contributed by atoms with Crippen molar-refractivity contribution in [3.05, 3.63) is 65.5 Å². The molecule has 41 heavy (non-hydrogen) atoms. The third-order valence-electron chi connectivity index (χ3n) is 5.57. The zero-order valence-electron chi connectivity index (χ0n) is 22.5. The number of amidine groups is 1. The Kier molecular flexibility index (Phi) is 9.19. The Balaban J connectivity index is 1.32. The fourth-order valence-electron chi connectivity index (χ4n) is 3.72. The van der Waals surface area contributed by atoms with Gasteiger partial charge in [-0.25, -0.2) is 23.1 Å². The van der Waals surface area contributed by atoms with Crippen molar-refractivity contribution in [3.63, 3.8) is 0 Å². The molecule has 2 aromatic carbocycles. The number of hydrogen-bond acceptors (Lipinski definition) is 11. The third kappa shape index (κ3) is 7.79. The van der Waals surface area contributed by atoms with Gasteiger partial charge in [0.15, 0.2) is 16.7 Å². The molecule has 0 radical (unpaired) electrons. The molecule has 0 saturated carbocycles. The highest BCUT2D eigenvalue weighted by atomic mass is 32.2. The summed E-state index contributed by atoms with van der Waals surface area (Å²) in [5.41, 5.74) is 2.34. The number of aromatic nitrogens is 2. The van der Waals surface area contributed by atoms with Gasteiger partial charge in [0.25, 0.3) is 10.0 Å². The molecule has 1 fully saturated rings. The topological polar surface area (TPSA) is 173 Å². The van der Waals surface area contributed by atoms with Crippen LogP contribution in [0.15, 0.2) is 63.6 Å². The van der Waals surface area contributed by atoms with Crippen LogP contribution >= 0.6 is 11.8 Å². The number of methoxy groups -OCH3 is 2. The van der Waals surface area contributed by atoms with E-state index in [0.717, 1.165) is 11.8 Å². The molecule has 1 saturated heterocycles. The lowest BCUT2D eigenvalue weighted by Crippen LogP contribution is -2.28. The number of ether oxygens (including phenoxy) is 2. The van der Waals surface area contributed by atoms with Crippen molar-refractivity contribution in [1.82, 2.24) is 15.3 Å². The highest BCUT2D eigenvalue weighted by molar-refractivity contribution is 8.15. The lowest BCUT2D eigenvalue weighted by atomic mass is 10.2. The van der Waals surface area contributed by atoms with E-state index in [1.54, 1.807) is 45.2 Å². The van der Waals surface area contributed by atoms with Crippen LogP contribution in [-0.2, 0) is 19.6 Å². The summed E-state index contributed by atoms with van der Waals surface area (Å²) in [6.45, 7) is 3.47. The van der Waals surface area contributed by atoms with E-state index >= 15 is 0 Å². The number of carbonyl (C=O) groups is 2. The molecule has 0 spiro atoms. The van der Waals surface area contributed by atoms with Gasteiger partial charge in [0.1, 0.15) is 5.25 Å². The summed E-state index contributed by atoms with van der Waals surface area (Å²) < 4.78 is 38.2. The van der Waals surface area contributed by atoms with E-state index in [1.807, 2.05) is 0 Å². The Labute approximate surface area is 240 Å². The summed E-state index contributed by atoms with van der Waals surface area (Å²) in [6, 6.07) is 12.6. The minimum Gasteiger partial charge on any atom is -0.493 e. The van der Waals surface area contributed by atoms with Crippen LogP contribution in [0.4, 0.5) is 11.6 Å². The molecule has 2 amide bonds. The Morgan fingerprint density at radius 3 is 2.39 bits per heavy atom. The summed E-state index contributed by atoms with van der Waals surface area (Å²) in [7, 11) is -0.866. The lowest BCUT2D eigenvalue weighted by molar-refractivity contribution is -0.122. The first-order valence-electron chi connectivity index (χ1n) is 12.1. The quantitative estimate of drug-likeness (QED) is 0.235. The van der Waals surface area contributed by atoms with Crippen LogP contribution in [0.5, 0.6) is 11.5 Å². The molecule has 13 nitrogen and oxygen atoms in total. The maximum absolute atomic E-state index is 12.7. The zero-order valence-corrected chi connectivity index (χ0v) is 24.2. The van der Waals surface area contributed by atoms with E-state index in [-0.39, 0.29) is 28.3 Å². The monoisotopic (exact) mass is 597 g/mol. The lowest BCUT2D eigenvalue weighted by Gasteiger charge is -2.10. The molecule has 0 bridgehead atoms. The second-order valence-electron chi connectivity index (χ2n) is 8.72. The summed E-state index contributed by atoms with van der Waals surface area (Å²) in [5.74, 6) is 0.300. The molecule has 3 N–H and O–H groups in total. The van der Waals surface area contributed by atoms with E-state index in [9.17, 15) is 18.0 Å². The molecule has 2 heterocycles. The number of anilines is 2. The number of nitrogens with zero attached hydrogens (tertiary/aromatic N) is 4. The Morgan fingerprint density at radius 1 is 1.05 bits per heavy atom. The number of aryl methyl sites for hydroxylation is 2. The van der Waals surface area contributed by atoms with Gasteiger partial charge >= 0.3 is 0 Å². The van der Waals surface area contributed by atoms with Crippen LogP contribution in [0.1, 0.15) is 23.4 Å². The molecule has 15 heteroatoms. The van der Waals surface area contributed by atoms with Gasteiger partial charge in [0, 0.05) is 23.5 Å². The molecular formula is C26H27N7O6S2. The first-order valence-corrected chi connectivity index (χ1v) is 14.5. The van der Waals surface area contributed by atoms with Crippen molar-refractivity contribution in [2.24, 2.45) is 10.2 Å². The second-order valence-corrected chi connectivity index (χ2v) is 11.6. The van der Waals surface area contributed by atoms with Gasteiger partial charge in [-0.05, 0) is 67.9 Å². The summed E-state index contributed by atoms with van der Waals surface area (Å²) in [4.78, 5) is 33.1. The smallest absolute Gasteiger partial charge is 0.264 e. The largest absolute Gasteiger partial charge is 0.493 e. The minimum absolute atomic E-state index is 0.0261. The highest BCUT2D eigenvalue weighted by Crippen LogP contribution is 2.27. The van der Waals surface area contributed by atoms with Gasteiger partial charge in [0.05, 0.1) is 25.3 Å². The number of benzene rings is 2. The number of thioether (sulfide) groups is 1. The van der Waals surface area contributed by atoms with E-state index < -0.39 is 21.2 Å². The van der Waals surface area contributed by atoms with Crippen molar-refractivity contribution in [2.75, 3.05) is 24.3 Å². The number of nitrogens with one attached hydrogen (secondary N) is 3. The molecule has 1 aliphatic rings. The van der Waals surface area contributed by atoms with Gasteiger partial charge in [-0.15, -0.1) is 5.10 Å². The van der Waals surface area contributed by atoms with Crippen molar-refractivity contribution >= 4 is 56.6 Å². The second kappa shape index (κ2) is 12.8. The SMILES string of the molecule is COc1ccc(C=N/N=C2\NC(=O)C(CC(=O)Nc3ccc(S(=O)(=O)Nc4nc(C)cc(C)n4)cc3)S2)cc1OC. The summed E-state index contributed by atoms with van der Waals surface area (Å²) >= 11 is 1.09. The minimum atomic E-state index is -3.94. The number of rotatable bonds is 10. The van der Waals surface area contributed by atoms with Crippen LogP contribution in [0.25, 0.3) is 0 Å². The average molecular weight is 598 g/mol. The van der Waals surface area contributed by atoms with E-state index in [4.69, 9.17) is 9.47 Å². The predicted molar refractivity (Wildman–Crippen MR) is 156 cm³/mol. The summed E-state index contributed by atoms with van der Waals surface area (Å²) in [6.07, 6.45) is 1.37. The molecular weight excluding hydrogens is 570 g/mol. The molecule has 1 aliphatic heterocycles. The van der Waals surface area contributed by atoms with Crippen molar-refractivity contribution in [3.8, 4) is 11.5 Å². The van der Waals surface area contributed by atoms with Gasteiger partial charge in [-0.3, -0.25) is 9.59 Å². The number of amides is 2. The molecule has 0 aliphatic carbocycles. The van der Waals surface area contributed by atoms with Crippen LogP contribution < -0.4 is 24.8 Å². The van der Waals surface area contributed by atoms with Crippen molar-refractivity contribution in [2.45, 2.75) is 30.4 Å². The maximum atomic E-state index is 12.7. The Morgan fingerprint density at radius 2 is 1.73 bits per heavy atom. The predicted octanol–water partition coefficient (Wildman–Crippen LogP) is 2.86. The van der Waals surface area contributed by atoms with Gasteiger partial charge in [-0.2, -0.15) is 5.10 Å². The molecule has 4 rings (SSSR count). The maximum Gasteiger partial charge on any atom is 0.264 e. The highest BCUT2D eigenvalue weighted by Gasteiger charge is 2.32. The molecule has 214 valence electrons. The van der Waals surface area contributed by atoms with Crippen LogP contribution in [0, 0.1) is 13.8 Å². The first kappa shape index (κ1) is 29.5. The Hall–Kier alpha value is -4.50. The van der Waals surface area contributed by atoms with Crippen LogP contribution in [0.3, 0.4) is 0 Å². The normalized spacial score (nSPS) is 16.0. The van der Waals surface area contributed by atoms with Crippen LogP contribution in [0.2, 0.25) is 0 Å². The molecule has 1 unspecified atom stereocenters. The third-order valence-corrected chi connectivity index (χ3v) is 7.98. The van der Waals surface area contributed by atoms with Gasteiger partial charge in [0.2, 0.25) is 17.8 Å². The fraction of sp³-hybridized carbons (Fsp3) is 0.231. The zero-order chi connectivity index (χ0) is 29.6. The van der Waals surface area contributed by atoms with Crippen LogP contribution in [-0.4, -0.2) is 61.1 Å². The van der Waals surface area contributed by atoms with Gasteiger partial charge < -0.3 is 20.1 Å². The standard InChI is InChI=1S/C26H27N7O6S2/c1-15-11-16(2)29-25(28-15)33-41(36,37)19-8-6-18(7-9-19)30-23(34)13-22-24(35)31-26(40-22)32-27-14-17-5-10-20(38-3)21(12-17)39-4/h5-12,14,22H,13H2,1-4H3,(H,30,34)(H,28,29,33)(H,31,32,35). The molecule has 1 aromatic heterocycles. The van der Waals surface area contributed by atoms with E-state index in [2.05, 4.69) is 35.5 Å². The molecule has 3 aromatic rings. The molecule has 1 atom stereocenters. The Bertz CT molecular complexity index is 1610. The number of carbonyl (C=O) groups excluding carboxylic acids is 2. The van der Waals surface area contributed by atoms with E-state index in [1.165, 1.54) is 37.6 Å². The van der Waals surface area contributed by atoms with E-state index in [0.29, 0.717) is 34.1 Å². The first-order chi connectivity index (χ1) is 19.6. The van der Waals surface area contributed by atoms with Crippen molar-refractivity contribution < 1.29 is 27.5 Å². The number of sulfonamides is 1.